The summed E-state index contributed by atoms with van der Waals surface area (Å²) in [6.07, 6.45) is 7.71. The number of anilines is 2. The van der Waals surface area contributed by atoms with E-state index in [2.05, 4.69) is 9.88 Å². The quantitative estimate of drug-likeness (QED) is 0.568. The standard InChI is InChI=1S/C26H36FN5O3/c1-2-3-14-31-24(28)23(25(34)29-26(31)35)32(20-10-4-5-11-20)22(33)17-30-13-7-12-21(30)16-18-8-6-9-19(27)15-18/h6,8-9,15,20-21H,2-5,7,10-14,16-17,28H2,1H3,(H,29,34,35). The molecule has 3 N–H and O–H groups in total. The second-order valence-corrected chi connectivity index (χ2v) is 9.80. The lowest BCUT2D eigenvalue weighted by atomic mass is 10.0. The number of nitrogens with two attached hydrogens (primary N) is 1. The van der Waals surface area contributed by atoms with Gasteiger partial charge in [0.1, 0.15) is 11.6 Å². The van der Waals surface area contributed by atoms with Gasteiger partial charge in [-0.25, -0.2) is 9.18 Å². The average molecular weight is 486 g/mol. The first-order valence-electron chi connectivity index (χ1n) is 12.8. The summed E-state index contributed by atoms with van der Waals surface area (Å²) in [6.45, 7) is 3.33. The predicted octanol–water partition coefficient (Wildman–Crippen LogP) is 3.04. The summed E-state index contributed by atoms with van der Waals surface area (Å²) in [5, 5.41) is 0. The molecule has 1 aliphatic heterocycles. The van der Waals surface area contributed by atoms with Gasteiger partial charge in [0, 0.05) is 18.6 Å². The molecule has 1 saturated heterocycles. The third kappa shape index (κ3) is 5.66. The molecule has 2 fully saturated rings. The molecule has 8 nitrogen and oxygen atoms in total. The van der Waals surface area contributed by atoms with Crippen LogP contribution in [-0.4, -0.2) is 45.5 Å². The largest absolute Gasteiger partial charge is 0.383 e. The van der Waals surface area contributed by atoms with Crippen LogP contribution >= 0.6 is 0 Å². The van der Waals surface area contributed by atoms with E-state index in [9.17, 15) is 18.8 Å². The summed E-state index contributed by atoms with van der Waals surface area (Å²) in [5.41, 5.74) is 6.23. The Bertz CT molecular complexity index is 1150. The van der Waals surface area contributed by atoms with E-state index in [4.69, 9.17) is 5.73 Å². The third-order valence-electron chi connectivity index (χ3n) is 7.35. The number of halogens is 1. The van der Waals surface area contributed by atoms with Gasteiger partial charge in [-0.15, -0.1) is 0 Å². The van der Waals surface area contributed by atoms with Gasteiger partial charge >= 0.3 is 5.69 Å². The first-order valence-corrected chi connectivity index (χ1v) is 12.8. The topological polar surface area (TPSA) is 104 Å². The van der Waals surface area contributed by atoms with Crippen molar-refractivity contribution in [2.45, 2.75) is 83.3 Å². The molecule has 1 amide bonds. The molecular weight excluding hydrogens is 449 g/mol. The zero-order valence-corrected chi connectivity index (χ0v) is 20.5. The van der Waals surface area contributed by atoms with Crippen LogP contribution in [0.3, 0.4) is 0 Å². The Morgan fingerprint density at radius 1 is 1.20 bits per heavy atom. The van der Waals surface area contributed by atoms with Crippen molar-refractivity contribution >= 4 is 17.4 Å². The highest BCUT2D eigenvalue weighted by molar-refractivity contribution is 5.97. The fourth-order valence-corrected chi connectivity index (χ4v) is 5.54. The monoisotopic (exact) mass is 485 g/mol. The van der Waals surface area contributed by atoms with E-state index in [0.29, 0.717) is 13.0 Å². The van der Waals surface area contributed by atoms with Gasteiger partial charge < -0.3 is 10.6 Å². The van der Waals surface area contributed by atoms with Gasteiger partial charge in [-0.1, -0.05) is 38.3 Å². The van der Waals surface area contributed by atoms with E-state index in [0.717, 1.165) is 63.5 Å². The third-order valence-corrected chi connectivity index (χ3v) is 7.35. The van der Waals surface area contributed by atoms with Crippen LogP contribution in [0.5, 0.6) is 0 Å². The summed E-state index contributed by atoms with van der Waals surface area (Å²) in [4.78, 5) is 45.3. The van der Waals surface area contributed by atoms with E-state index in [1.54, 1.807) is 17.0 Å². The van der Waals surface area contributed by atoms with Crippen LogP contribution in [0.4, 0.5) is 15.9 Å². The molecule has 4 rings (SSSR count). The summed E-state index contributed by atoms with van der Waals surface area (Å²) in [6, 6.07) is 6.60. The van der Waals surface area contributed by atoms with Crippen LogP contribution in [-0.2, 0) is 17.8 Å². The zero-order chi connectivity index (χ0) is 24.9. The van der Waals surface area contributed by atoms with Gasteiger partial charge in [-0.2, -0.15) is 0 Å². The SMILES string of the molecule is CCCCn1c(N)c(N(C(=O)CN2CCCC2Cc2cccc(F)c2)C2CCCC2)c(=O)[nH]c1=O. The minimum atomic E-state index is -0.613. The molecule has 2 aliphatic rings. The van der Waals surface area contributed by atoms with E-state index in [1.807, 2.05) is 13.0 Å². The number of H-pyrrole nitrogens is 1. The number of benzene rings is 1. The fraction of sp³-hybridized carbons (Fsp3) is 0.577. The van der Waals surface area contributed by atoms with Gasteiger partial charge in [0.2, 0.25) is 5.91 Å². The minimum absolute atomic E-state index is 0.0604. The van der Waals surface area contributed by atoms with Crippen molar-refractivity contribution in [1.29, 1.82) is 0 Å². The highest BCUT2D eigenvalue weighted by Gasteiger charge is 2.35. The lowest BCUT2D eigenvalue weighted by Gasteiger charge is -2.33. The summed E-state index contributed by atoms with van der Waals surface area (Å²) < 4.78 is 15.1. The number of aromatic amines is 1. The predicted molar refractivity (Wildman–Crippen MR) is 135 cm³/mol. The number of nitrogens with zero attached hydrogens (tertiary/aromatic N) is 3. The number of unbranched alkanes of at least 4 members (excludes halogenated alkanes) is 1. The van der Waals surface area contributed by atoms with E-state index < -0.39 is 11.2 Å². The molecule has 1 aliphatic carbocycles. The van der Waals surface area contributed by atoms with Crippen molar-refractivity contribution in [2.24, 2.45) is 0 Å². The second kappa shape index (κ2) is 11.2. The second-order valence-electron chi connectivity index (χ2n) is 9.80. The molecule has 35 heavy (non-hydrogen) atoms. The van der Waals surface area contributed by atoms with Crippen molar-refractivity contribution < 1.29 is 9.18 Å². The number of carbonyl (C=O) groups is 1. The Kier molecular flexibility index (Phi) is 8.05. The highest BCUT2D eigenvalue weighted by Crippen LogP contribution is 2.30. The normalized spacial score (nSPS) is 18.9. The first kappa shape index (κ1) is 25.2. The Labute approximate surface area is 204 Å². The fourth-order valence-electron chi connectivity index (χ4n) is 5.54. The molecule has 2 aromatic rings. The number of carbonyl (C=O) groups excluding carboxylic acids is 1. The van der Waals surface area contributed by atoms with Crippen LogP contribution in [0.15, 0.2) is 33.9 Å². The van der Waals surface area contributed by atoms with Gasteiger partial charge in [-0.3, -0.25) is 24.0 Å². The maximum atomic E-state index is 13.8. The van der Waals surface area contributed by atoms with Crippen LogP contribution in [0.2, 0.25) is 0 Å². The number of likely N-dealkylation sites (tertiary alicyclic amines) is 1. The zero-order valence-electron chi connectivity index (χ0n) is 20.5. The van der Waals surface area contributed by atoms with Gasteiger partial charge in [-0.05, 0) is 62.8 Å². The minimum Gasteiger partial charge on any atom is -0.383 e. The molecule has 1 unspecified atom stereocenters. The van der Waals surface area contributed by atoms with Crippen molar-refractivity contribution in [1.82, 2.24) is 14.5 Å². The van der Waals surface area contributed by atoms with Crippen LogP contribution in [0.1, 0.15) is 63.9 Å². The Hall–Kier alpha value is -2.94. The number of nitrogens with one attached hydrogen (secondary N) is 1. The molecule has 1 atom stereocenters. The number of nitrogen functional groups attached to an aromatic ring is 1. The molecule has 190 valence electrons. The smallest absolute Gasteiger partial charge is 0.330 e. The van der Waals surface area contributed by atoms with Crippen LogP contribution < -0.4 is 21.9 Å². The number of hydrogen-bond acceptors (Lipinski definition) is 5. The number of aromatic nitrogens is 2. The summed E-state index contributed by atoms with van der Waals surface area (Å²) >= 11 is 0. The lowest BCUT2D eigenvalue weighted by Crippen LogP contribution is -2.50. The van der Waals surface area contributed by atoms with E-state index in [1.165, 1.54) is 10.6 Å². The molecule has 2 heterocycles. The average Bonchev–Trinajstić information content (AvgIpc) is 3.49. The molecule has 1 aromatic carbocycles. The molecular formula is C26H36FN5O3. The van der Waals surface area contributed by atoms with Crippen LogP contribution in [0.25, 0.3) is 0 Å². The first-order chi connectivity index (χ1) is 16.9. The lowest BCUT2D eigenvalue weighted by molar-refractivity contribution is -0.120. The Balaban J connectivity index is 1.61. The number of amides is 1. The van der Waals surface area contributed by atoms with Crippen molar-refractivity contribution in [3.63, 3.8) is 0 Å². The van der Waals surface area contributed by atoms with Crippen molar-refractivity contribution in [3.05, 3.63) is 56.5 Å². The van der Waals surface area contributed by atoms with Gasteiger partial charge in [0.25, 0.3) is 5.56 Å². The van der Waals surface area contributed by atoms with Crippen molar-refractivity contribution in [2.75, 3.05) is 23.7 Å². The van der Waals surface area contributed by atoms with Crippen LogP contribution in [0, 0.1) is 5.82 Å². The van der Waals surface area contributed by atoms with Crippen molar-refractivity contribution in [3.8, 4) is 0 Å². The molecule has 0 bridgehead atoms. The van der Waals surface area contributed by atoms with Gasteiger partial charge in [0.05, 0.1) is 6.54 Å². The number of rotatable bonds is 9. The van der Waals surface area contributed by atoms with Gasteiger partial charge in [0.15, 0.2) is 5.69 Å². The molecule has 0 spiro atoms. The molecule has 0 radical (unpaired) electrons. The number of hydrogen-bond donors (Lipinski definition) is 2. The Morgan fingerprint density at radius 2 is 1.97 bits per heavy atom. The maximum Gasteiger partial charge on any atom is 0.330 e. The summed E-state index contributed by atoms with van der Waals surface area (Å²) in [7, 11) is 0. The Morgan fingerprint density at radius 3 is 2.69 bits per heavy atom. The molecule has 1 aromatic heterocycles. The highest BCUT2D eigenvalue weighted by atomic mass is 19.1. The molecule has 1 saturated carbocycles. The molecule has 9 heteroatoms. The van der Waals surface area contributed by atoms with E-state index >= 15 is 0 Å². The van der Waals surface area contributed by atoms with E-state index in [-0.39, 0.29) is 41.9 Å². The maximum absolute atomic E-state index is 13.8. The summed E-state index contributed by atoms with van der Waals surface area (Å²) in [5.74, 6) is -0.380.